The molecule has 0 aromatic heterocycles. The number of carbonyl (C=O) groups excluding carboxylic acids is 1. The number of benzene rings is 3. The molecule has 0 amide bonds. The summed E-state index contributed by atoms with van der Waals surface area (Å²) < 4.78 is 1.30. The third-order valence-electron chi connectivity index (χ3n) is 3.72. The molecule has 0 saturated carbocycles. The fraction of sp³-hybridized carbons (Fsp3) is 0. The zero-order chi connectivity index (χ0) is 19.6. The van der Waals surface area contributed by atoms with E-state index < -0.39 is 0 Å². The molecule has 0 aliphatic heterocycles. The Hall–Kier alpha value is -1.66. The lowest BCUT2D eigenvalue weighted by Gasteiger charge is -2.08. The molecule has 0 heterocycles. The maximum absolute atomic E-state index is 12.9. The topological polar surface area (TPSA) is 49.7 Å². The zero-order valence-corrected chi connectivity index (χ0v) is 18.3. The number of phenolic OH excluding ortho intramolecular Hbond substituents is 1. The smallest absolute Gasteiger partial charge is 0.196 e. The van der Waals surface area contributed by atoms with Crippen LogP contribution in [0.5, 0.6) is 5.75 Å². The molecule has 0 aliphatic carbocycles. The fourth-order valence-corrected chi connectivity index (χ4v) is 4.07. The number of hydrogen-bond acceptors (Lipinski definition) is 3. The number of halogens is 4. The SMILES string of the molecule is O=C(c1ccccc1Cl)c1cc(Cl)ccc1N=Cc1cc(Br)cc(Br)c1O. The molecular weight excluding hydrogens is 517 g/mol. The highest BCUT2D eigenvalue weighted by atomic mass is 79.9. The molecular formula is C20H11Br2Cl2NO2. The lowest BCUT2D eigenvalue weighted by molar-refractivity contribution is 0.103. The minimum atomic E-state index is -0.283. The van der Waals surface area contributed by atoms with Crippen molar-refractivity contribution < 1.29 is 9.90 Å². The number of aromatic hydroxyl groups is 1. The molecule has 3 rings (SSSR count). The third-order valence-corrected chi connectivity index (χ3v) is 5.35. The minimum Gasteiger partial charge on any atom is -0.506 e. The predicted octanol–water partition coefficient (Wildman–Crippen LogP) is 7.21. The second-order valence-electron chi connectivity index (χ2n) is 5.55. The van der Waals surface area contributed by atoms with E-state index in [1.807, 2.05) is 0 Å². The number of ketones is 1. The Morgan fingerprint density at radius 1 is 1.00 bits per heavy atom. The van der Waals surface area contributed by atoms with Gasteiger partial charge < -0.3 is 5.11 Å². The van der Waals surface area contributed by atoms with E-state index in [1.54, 1.807) is 54.6 Å². The van der Waals surface area contributed by atoms with Crippen molar-refractivity contribution in [1.82, 2.24) is 0 Å². The van der Waals surface area contributed by atoms with Gasteiger partial charge >= 0.3 is 0 Å². The summed E-state index contributed by atoms with van der Waals surface area (Å²) in [6.07, 6.45) is 1.48. The number of phenols is 1. The molecule has 0 aliphatic rings. The molecule has 0 unspecified atom stereocenters. The highest BCUT2D eigenvalue weighted by Gasteiger charge is 2.17. The van der Waals surface area contributed by atoms with E-state index in [1.165, 1.54) is 6.21 Å². The first-order chi connectivity index (χ1) is 12.9. The zero-order valence-electron chi connectivity index (χ0n) is 13.6. The van der Waals surface area contributed by atoms with Gasteiger partial charge in [-0.2, -0.15) is 0 Å². The molecule has 3 aromatic carbocycles. The first-order valence-corrected chi connectivity index (χ1v) is 10.0. The number of aliphatic imine (C=N–C) groups is 1. The van der Waals surface area contributed by atoms with E-state index >= 15 is 0 Å². The van der Waals surface area contributed by atoms with Crippen molar-refractivity contribution in [3.05, 3.63) is 90.3 Å². The summed E-state index contributed by atoms with van der Waals surface area (Å²) in [4.78, 5) is 17.3. The molecule has 27 heavy (non-hydrogen) atoms. The van der Waals surface area contributed by atoms with Gasteiger partial charge in [0.1, 0.15) is 5.75 Å². The summed E-state index contributed by atoms with van der Waals surface area (Å²) in [6, 6.07) is 15.1. The second kappa shape index (κ2) is 8.57. The highest BCUT2D eigenvalue weighted by molar-refractivity contribution is 9.11. The highest BCUT2D eigenvalue weighted by Crippen LogP contribution is 2.32. The van der Waals surface area contributed by atoms with Crippen LogP contribution < -0.4 is 0 Å². The van der Waals surface area contributed by atoms with Gasteiger partial charge in [0.05, 0.1) is 15.2 Å². The van der Waals surface area contributed by atoms with E-state index in [4.69, 9.17) is 23.2 Å². The molecule has 0 radical (unpaired) electrons. The number of nitrogens with zero attached hydrogens (tertiary/aromatic N) is 1. The van der Waals surface area contributed by atoms with Gasteiger partial charge in [-0.1, -0.05) is 51.3 Å². The van der Waals surface area contributed by atoms with Gasteiger partial charge in [-0.25, -0.2) is 0 Å². The average Bonchev–Trinajstić information content (AvgIpc) is 2.64. The fourth-order valence-electron chi connectivity index (χ4n) is 2.42. The number of hydrogen-bond donors (Lipinski definition) is 1. The summed E-state index contributed by atoms with van der Waals surface area (Å²) in [5.74, 6) is -0.232. The average molecular weight is 528 g/mol. The number of rotatable bonds is 4. The first kappa shape index (κ1) is 20.1. The van der Waals surface area contributed by atoms with Crippen molar-refractivity contribution in [1.29, 1.82) is 0 Å². The first-order valence-electron chi connectivity index (χ1n) is 7.67. The van der Waals surface area contributed by atoms with E-state index in [0.29, 0.717) is 36.9 Å². The van der Waals surface area contributed by atoms with Crippen LogP contribution in [0.25, 0.3) is 0 Å². The van der Waals surface area contributed by atoms with Crippen molar-refractivity contribution in [3.63, 3.8) is 0 Å². The van der Waals surface area contributed by atoms with Crippen LogP contribution in [0.3, 0.4) is 0 Å². The maximum atomic E-state index is 12.9. The Balaban J connectivity index is 2.05. The quantitative estimate of drug-likeness (QED) is 0.288. The predicted molar refractivity (Wildman–Crippen MR) is 117 cm³/mol. The van der Waals surface area contributed by atoms with Crippen molar-refractivity contribution in [2.45, 2.75) is 0 Å². The van der Waals surface area contributed by atoms with Crippen LogP contribution >= 0.6 is 55.1 Å². The van der Waals surface area contributed by atoms with Crippen LogP contribution in [0.4, 0.5) is 5.69 Å². The summed E-state index contributed by atoms with van der Waals surface area (Å²) >= 11 is 18.9. The Morgan fingerprint density at radius 2 is 1.74 bits per heavy atom. The molecule has 3 aromatic rings. The molecule has 136 valence electrons. The van der Waals surface area contributed by atoms with Gasteiger partial charge in [0.2, 0.25) is 0 Å². The second-order valence-corrected chi connectivity index (χ2v) is 8.17. The van der Waals surface area contributed by atoms with Crippen molar-refractivity contribution in [2.75, 3.05) is 0 Å². The molecule has 0 atom stereocenters. The summed E-state index contributed by atoms with van der Waals surface area (Å²) in [5, 5.41) is 10.9. The van der Waals surface area contributed by atoms with Crippen molar-refractivity contribution in [3.8, 4) is 5.75 Å². The lowest BCUT2D eigenvalue weighted by atomic mass is 10.0. The van der Waals surface area contributed by atoms with Gasteiger partial charge in [0, 0.05) is 32.4 Å². The standard InChI is InChI=1S/C20H11Br2Cl2NO2/c21-12-7-11(19(26)16(22)8-12)10-25-18-6-5-13(23)9-15(18)20(27)14-3-1-2-4-17(14)24/h1-10,26H. The van der Waals surface area contributed by atoms with E-state index in [0.717, 1.165) is 4.47 Å². The van der Waals surface area contributed by atoms with Crippen LogP contribution in [0, 0.1) is 0 Å². The van der Waals surface area contributed by atoms with E-state index in [-0.39, 0.29) is 11.5 Å². The molecule has 3 nitrogen and oxygen atoms in total. The van der Waals surface area contributed by atoms with Crippen LogP contribution in [0.1, 0.15) is 21.5 Å². The van der Waals surface area contributed by atoms with Crippen LogP contribution in [0.2, 0.25) is 10.0 Å². The summed E-state index contributed by atoms with van der Waals surface area (Å²) in [7, 11) is 0. The van der Waals surface area contributed by atoms with E-state index in [9.17, 15) is 9.90 Å². The van der Waals surface area contributed by atoms with Gasteiger partial charge in [-0.3, -0.25) is 9.79 Å². The number of carbonyl (C=O) groups is 1. The van der Waals surface area contributed by atoms with Gasteiger partial charge in [0.15, 0.2) is 5.78 Å². The van der Waals surface area contributed by atoms with Crippen LogP contribution in [-0.2, 0) is 0 Å². The van der Waals surface area contributed by atoms with Gasteiger partial charge in [-0.05, 0) is 58.4 Å². The molecule has 0 saturated heterocycles. The maximum Gasteiger partial charge on any atom is 0.196 e. The monoisotopic (exact) mass is 525 g/mol. The Morgan fingerprint density at radius 3 is 2.48 bits per heavy atom. The Bertz CT molecular complexity index is 1070. The van der Waals surface area contributed by atoms with Crippen molar-refractivity contribution in [2.24, 2.45) is 4.99 Å². The minimum absolute atomic E-state index is 0.0508. The van der Waals surface area contributed by atoms with Crippen LogP contribution in [-0.4, -0.2) is 17.1 Å². The normalized spacial score (nSPS) is 11.1. The molecule has 0 spiro atoms. The third kappa shape index (κ3) is 4.61. The van der Waals surface area contributed by atoms with Gasteiger partial charge in [-0.15, -0.1) is 0 Å². The summed E-state index contributed by atoms with van der Waals surface area (Å²) in [5.41, 5.74) is 1.59. The Kier molecular flexibility index (Phi) is 6.37. The van der Waals surface area contributed by atoms with Crippen LogP contribution in [0.15, 0.2) is 68.5 Å². The molecule has 0 bridgehead atoms. The van der Waals surface area contributed by atoms with E-state index in [2.05, 4.69) is 36.9 Å². The van der Waals surface area contributed by atoms with Crippen molar-refractivity contribution >= 4 is 72.7 Å². The lowest BCUT2D eigenvalue weighted by Crippen LogP contribution is -2.02. The molecule has 1 N–H and O–H groups in total. The molecule has 7 heteroatoms. The Labute approximate surface area is 182 Å². The largest absolute Gasteiger partial charge is 0.506 e. The van der Waals surface area contributed by atoms with Gasteiger partial charge in [0.25, 0.3) is 0 Å². The summed E-state index contributed by atoms with van der Waals surface area (Å²) in [6.45, 7) is 0. The molecule has 0 fully saturated rings.